The number of ether oxygens (including phenoxy) is 1. The molecular weight excluding hydrogens is 342 g/mol. The van der Waals surface area contributed by atoms with Crippen LogP contribution in [0.4, 0.5) is 0 Å². The number of rotatable bonds is 5. The fraction of sp³-hybridized carbons (Fsp3) is 0.471. The lowest BCUT2D eigenvalue weighted by Crippen LogP contribution is -2.32. The molecule has 7 nitrogen and oxygen atoms in total. The number of sulfonamides is 1. The number of aryl methyl sites for hydroxylation is 1. The number of nitrogens with zero attached hydrogens (tertiary/aromatic N) is 2. The maximum atomic E-state index is 12.5. The van der Waals surface area contributed by atoms with Gasteiger partial charge in [0.2, 0.25) is 10.0 Å². The number of carbonyl (C=O) groups excluding carboxylic acids is 1. The molecule has 1 aromatic heterocycles. The van der Waals surface area contributed by atoms with E-state index in [-0.39, 0.29) is 16.9 Å². The Kier molecular flexibility index (Phi) is 4.86. The lowest BCUT2D eigenvalue weighted by atomic mass is 10.2. The zero-order chi connectivity index (χ0) is 18.2. The first kappa shape index (κ1) is 17.9. The summed E-state index contributed by atoms with van der Waals surface area (Å²) in [5, 5.41) is 3.61. The molecular formula is C17H23N3O4S. The Balaban J connectivity index is 1.87. The lowest BCUT2D eigenvalue weighted by Gasteiger charge is -2.11. The first-order chi connectivity index (χ1) is 11.8. The first-order valence-corrected chi connectivity index (χ1v) is 9.66. The van der Waals surface area contributed by atoms with E-state index in [1.807, 2.05) is 0 Å². The van der Waals surface area contributed by atoms with Crippen molar-refractivity contribution < 1.29 is 17.9 Å². The number of nitrogens with one attached hydrogen (secondary N) is 1. The van der Waals surface area contributed by atoms with Crippen LogP contribution in [0.3, 0.4) is 0 Å². The van der Waals surface area contributed by atoms with Crippen molar-refractivity contribution in [3.8, 4) is 0 Å². The Hall–Kier alpha value is -1.90. The van der Waals surface area contributed by atoms with Crippen LogP contribution in [0.2, 0.25) is 0 Å². The summed E-state index contributed by atoms with van der Waals surface area (Å²) >= 11 is 0. The number of aromatic nitrogens is 1. The molecule has 1 N–H and O–H groups in total. The Labute approximate surface area is 147 Å². The van der Waals surface area contributed by atoms with Crippen LogP contribution in [0.5, 0.6) is 0 Å². The molecule has 0 spiro atoms. The molecule has 1 aromatic carbocycles. The molecule has 1 amide bonds. The summed E-state index contributed by atoms with van der Waals surface area (Å²) in [6.45, 7) is 1.23. The van der Waals surface area contributed by atoms with Crippen LogP contribution in [0, 0.1) is 0 Å². The van der Waals surface area contributed by atoms with Crippen molar-refractivity contribution in [2.45, 2.75) is 23.8 Å². The van der Waals surface area contributed by atoms with Gasteiger partial charge in [-0.2, -0.15) is 0 Å². The van der Waals surface area contributed by atoms with Crippen LogP contribution in [-0.4, -0.2) is 56.5 Å². The van der Waals surface area contributed by atoms with E-state index < -0.39 is 10.0 Å². The SMILES string of the molecule is CN(C)S(=O)(=O)c1ccc2c(c1)cc(C(=O)NC[C@H]1CCCO1)n2C. The Morgan fingerprint density at radius 2 is 2.12 bits per heavy atom. The second-order valence-corrected chi connectivity index (χ2v) is 8.59. The highest BCUT2D eigenvalue weighted by molar-refractivity contribution is 7.89. The van der Waals surface area contributed by atoms with Gasteiger partial charge < -0.3 is 14.6 Å². The van der Waals surface area contributed by atoms with Crippen LogP contribution < -0.4 is 5.32 Å². The van der Waals surface area contributed by atoms with Gasteiger partial charge in [-0.3, -0.25) is 4.79 Å². The Bertz CT molecular complexity index is 896. The van der Waals surface area contributed by atoms with Crippen LogP contribution >= 0.6 is 0 Å². The molecule has 1 fully saturated rings. The van der Waals surface area contributed by atoms with Crippen molar-refractivity contribution in [1.82, 2.24) is 14.2 Å². The molecule has 2 heterocycles. The summed E-state index contributed by atoms with van der Waals surface area (Å²) < 4.78 is 33.0. The fourth-order valence-corrected chi connectivity index (χ4v) is 3.96. The van der Waals surface area contributed by atoms with E-state index in [0.717, 1.165) is 25.0 Å². The normalized spacial score (nSPS) is 18.2. The maximum absolute atomic E-state index is 12.5. The third-order valence-corrected chi connectivity index (χ3v) is 6.35. The van der Waals surface area contributed by atoms with Gasteiger partial charge in [-0.05, 0) is 37.1 Å². The Morgan fingerprint density at radius 1 is 1.36 bits per heavy atom. The van der Waals surface area contributed by atoms with E-state index in [2.05, 4.69) is 5.32 Å². The minimum Gasteiger partial charge on any atom is -0.376 e. The highest BCUT2D eigenvalue weighted by atomic mass is 32.2. The maximum Gasteiger partial charge on any atom is 0.268 e. The molecule has 1 saturated heterocycles. The van der Waals surface area contributed by atoms with Crippen molar-refractivity contribution in [2.75, 3.05) is 27.2 Å². The third kappa shape index (κ3) is 3.42. The van der Waals surface area contributed by atoms with E-state index in [1.165, 1.54) is 18.4 Å². The molecule has 136 valence electrons. The summed E-state index contributed by atoms with van der Waals surface area (Å²) in [6.07, 6.45) is 2.06. The molecule has 0 saturated carbocycles. The van der Waals surface area contributed by atoms with Gasteiger partial charge in [0.05, 0.1) is 11.0 Å². The molecule has 2 aromatic rings. The minimum absolute atomic E-state index is 0.0791. The second kappa shape index (κ2) is 6.78. The summed E-state index contributed by atoms with van der Waals surface area (Å²) in [6, 6.07) is 6.60. The minimum atomic E-state index is -3.51. The van der Waals surface area contributed by atoms with Gasteiger partial charge in [0, 0.05) is 45.2 Å². The van der Waals surface area contributed by atoms with Crippen molar-refractivity contribution in [3.63, 3.8) is 0 Å². The van der Waals surface area contributed by atoms with Crippen molar-refractivity contribution in [2.24, 2.45) is 7.05 Å². The molecule has 8 heteroatoms. The van der Waals surface area contributed by atoms with Crippen LogP contribution in [0.25, 0.3) is 10.9 Å². The third-order valence-electron chi connectivity index (χ3n) is 4.54. The van der Waals surface area contributed by atoms with Gasteiger partial charge >= 0.3 is 0 Å². The summed E-state index contributed by atoms with van der Waals surface area (Å²) in [5.74, 6) is -0.189. The zero-order valence-electron chi connectivity index (χ0n) is 14.7. The van der Waals surface area contributed by atoms with Gasteiger partial charge in [-0.25, -0.2) is 12.7 Å². The smallest absolute Gasteiger partial charge is 0.268 e. The van der Waals surface area contributed by atoms with Gasteiger partial charge in [0.15, 0.2) is 0 Å². The summed E-state index contributed by atoms with van der Waals surface area (Å²) in [7, 11) is 1.28. The quantitative estimate of drug-likeness (QED) is 0.867. The molecule has 25 heavy (non-hydrogen) atoms. The second-order valence-electron chi connectivity index (χ2n) is 6.44. The van der Waals surface area contributed by atoms with Crippen molar-refractivity contribution in [3.05, 3.63) is 30.0 Å². The van der Waals surface area contributed by atoms with Crippen LogP contribution in [-0.2, 0) is 21.8 Å². The largest absolute Gasteiger partial charge is 0.376 e. The Morgan fingerprint density at radius 3 is 2.76 bits per heavy atom. The van der Waals surface area contributed by atoms with Gasteiger partial charge in [0.25, 0.3) is 5.91 Å². The van der Waals surface area contributed by atoms with Gasteiger partial charge in [0.1, 0.15) is 5.69 Å². The summed E-state index contributed by atoms with van der Waals surface area (Å²) in [4.78, 5) is 12.7. The van der Waals surface area contributed by atoms with E-state index in [1.54, 1.807) is 35.9 Å². The molecule has 3 rings (SSSR count). The zero-order valence-corrected chi connectivity index (χ0v) is 15.5. The highest BCUT2D eigenvalue weighted by Gasteiger charge is 2.21. The monoisotopic (exact) mass is 365 g/mol. The highest BCUT2D eigenvalue weighted by Crippen LogP contribution is 2.24. The fourth-order valence-electron chi connectivity index (χ4n) is 3.02. The van der Waals surface area contributed by atoms with E-state index in [0.29, 0.717) is 17.6 Å². The molecule has 1 aliphatic heterocycles. The number of benzene rings is 1. The predicted octanol–water partition coefficient (Wildman–Crippen LogP) is 1.34. The number of hydrogen-bond acceptors (Lipinski definition) is 4. The van der Waals surface area contributed by atoms with Gasteiger partial charge in [-0.15, -0.1) is 0 Å². The molecule has 1 aliphatic rings. The molecule has 1 atom stereocenters. The standard InChI is InChI=1S/C17H23N3O4S/c1-19(2)25(22,23)14-6-7-15-12(9-14)10-16(20(15)3)17(21)18-11-13-5-4-8-24-13/h6-7,9-10,13H,4-5,8,11H2,1-3H3,(H,18,21)/t13-/m1/s1. The number of amides is 1. The lowest BCUT2D eigenvalue weighted by molar-refractivity contribution is 0.0851. The van der Waals surface area contributed by atoms with Crippen LogP contribution in [0.15, 0.2) is 29.2 Å². The average molecular weight is 365 g/mol. The van der Waals surface area contributed by atoms with E-state index in [9.17, 15) is 13.2 Å². The number of carbonyl (C=O) groups is 1. The molecule has 0 radical (unpaired) electrons. The van der Waals surface area contributed by atoms with Crippen molar-refractivity contribution >= 4 is 26.8 Å². The van der Waals surface area contributed by atoms with E-state index in [4.69, 9.17) is 4.74 Å². The molecule has 0 aliphatic carbocycles. The average Bonchev–Trinajstić information content (AvgIpc) is 3.20. The number of hydrogen-bond donors (Lipinski definition) is 1. The number of fused-ring (bicyclic) bond motifs is 1. The van der Waals surface area contributed by atoms with Gasteiger partial charge in [-0.1, -0.05) is 0 Å². The van der Waals surface area contributed by atoms with E-state index >= 15 is 0 Å². The molecule has 0 unspecified atom stereocenters. The summed E-state index contributed by atoms with van der Waals surface area (Å²) in [5.41, 5.74) is 1.30. The van der Waals surface area contributed by atoms with Crippen molar-refractivity contribution in [1.29, 1.82) is 0 Å². The topological polar surface area (TPSA) is 80.6 Å². The first-order valence-electron chi connectivity index (χ1n) is 8.22. The predicted molar refractivity (Wildman–Crippen MR) is 95.1 cm³/mol. The molecule has 0 bridgehead atoms. The van der Waals surface area contributed by atoms with Crippen LogP contribution in [0.1, 0.15) is 23.3 Å².